The summed E-state index contributed by atoms with van der Waals surface area (Å²) in [7, 11) is 1.69. The van der Waals surface area contributed by atoms with Crippen LogP contribution >= 0.6 is 0 Å². The zero-order valence-corrected chi connectivity index (χ0v) is 14.4. The smallest absolute Gasteiger partial charge is 0.193 e. The van der Waals surface area contributed by atoms with E-state index in [1.54, 1.807) is 7.11 Å². The molecule has 0 atom stereocenters. The average Bonchev–Trinajstić information content (AvgIpc) is 2.61. The Hall–Kier alpha value is -2.53. The van der Waals surface area contributed by atoms with E-state index < -0.39 is 0 Å². The molecule has 0 amide bonds. The highest BCUT2D eigenvalue weighted by molar-refractivity contribution is 5.92. The minimum atomic E-state index is 0.422. The third-order valence-electron chi connectivity index (χ3n) is 3.63. The van der Waals surface area contributed by atoms with Crippen molar-refractivity contribution in [3.05, 3.63) is 59.7 Å². The Morgan fingerprint density at radius 2 is 1.88 bits per heavy atom. The van der Waals surface area contributed by atoms with E-state index in [0.29, 0.717) is 19.1 Å². The Bertz CT molecular complexity index is 653. The van der Waals surface area contributed by atoms with E-state index >= 15 is 0 Å². The summed E-state index contributed by atoms with van der Waals surface area (Å²) < 4.78 is 5.01. The number of nitrogens with zero attached hydrogens (tertiary/aromatic N) is 1. The number of benzene rings is 2. The minimum Gasteiger partial charge on any atom is -0.383 e. The summed E-state index contributed by atoms with van der Waals surface area (Å²) in [4.78, 5) is 4.39. The molecule has 4 N–H and O–H groups in total. The van der Waals surface area contributed by atoms with Gasteiger partial charge in [0, 0.05) is 25.0 Å². The van der Waals surface area contributed by atoms with Gasteiger partial charge in [0.1, 0.15) is 0 Å². The van der Waals surface area contributed by atoms with Crippen LogP contribution in [0, 0.1) is 0 Å². The fraction of sp³-hybridized carbons (Fsp3) is 0.316. The Morgan fingerprint density at radius 3 is 2.58 bits per heavy atom. The number of nitrogens with one attached hydrogen (secondary N) is 2. The molecule has 0 saturated heterocycles. The molecule has 128 valence electrons. The van der Waals surface area contributed by atoms with Gasteiger partial charge in [-0.3, -0.25) is 0 Å². The Kier molecular flexibility index (Phi) is 7.11. The second kappa shape index (κ2) is 9.57. The summed E-state index contributed by atoms with van der Waals surface area (Å²) in [5, 5.41) is 6.42. The lowest BCUT2D eigenvalue weighted by molar-refractivity contribution is 0.211. The Balaban J connectivity index is 1.87. The highest BCUT2D eigenvalue weighted by Gasteiger charge is 1.98. The van der Waals surface area contributed by atoms with Crippen molar-refractivity contribution in [2.75, 3.05) is 30.9 Å². The van der Waals surface area contributed by atoms with Gasteiger partial charge >= 0.3 is 0 Å². The van der Waals surface area contributed by atoms with Gasteiger partial charge in [-0.2, -0.15) is 0 Å². The molecule has 2 rings (SSSR count). The molecule has 24 heavy (non-hydrogen) atoms. The quantitative estimate of drug-likeness (QED) is 0.396. The number of anilines is 2. The van der Waals surface area contributed by atoms with E-state index in [0.717, 1.165) is 29.9 Å². The zero-order valence-electron chi connectivity index (χ0n) is 14.4. The first-order valence-electron chi connectivity index (χ1n) is 8.19. The Morgan fingerprint density at radius 1 is 1.08 bits per heavy atom. The molecule has 0 aliphatic heterocycles. The van der Waals surface area contributed by atoms with Crippen molar-refractivity contribution < 1.29 is 4.74 Å². The van der Waals surface area contributed by atoms with Crippen molar-refractivity contribution in [1.82, 2.24) is 0 Å². The molecule has 2 aromatic rings. The van der Waals surface area contributed by atoms with Crippen LogP contribution in [-0.4, -0.2) is 26.2 Å². The van der Waals surface area contributed by atoms with E-state index in [1.807, 2.05) is 36.4 Å². The molecule has 0 spiro atoms. The number of hydrogen-bond acceptors (Lipinski definition) is 3. The van der Waals surface area contributed by atoms with Gasteiger partial charge in [0.05, 0.1) is 13.2 Å². The van der Waals surface area contributed by atoms with E-state index in [1.165, 1.54) is 5.56 Å². The van der Waals surface area contributed by atoms with E-state index in [4.69, 9.17) is 10.5 Å². The van der Waals surface area contributed by atoms with E-state index in [-0.39, 0.29) is 0 Å². The van der Waals surface area contributed by atoms with Crippen LogP contribution in [-0.2, 0) is 17.7 Å². The molecule has 5 nitrogen and oxygen atoms in total. The molecular weight excluding hydrogens is 300 g/mol. The minimum absolute atomic E-state index is 0.422. The first-order chi connectivity index (χ1) is 11.7. The van der Waals surface area contributed by atoms with Gasteiger partial charge in [-0.15, -0.1) is 0 Å². The van der Waals surface area contributed by atoms with Gasteiger partial charge in [-0.1, -0.05) is 31.2 Å². The fourth-order valence-corrected chi connectivity index (χ4v) is 2.26. The topological polar surface area (TPSA) is 71.7 Å². The standard InChI is InChI=1S/C19H26N4O/c1-3-15-5-4-6-18(13-15)23-19(20)22-14-16-7-9-17(10-8-16)21-11-12-24-2/h4-10,13,21H,3,11-12,14H2,1-2H3,(H3,20,22,23). The van der Waals surface area contributed by atoms with Crippen molar-refractivity contribution >= 4 is 17.3 Å². The molecule has 5 heteroatoms. The third-order valence-corrected chi connectivity index (χ3v) is 3.63. The summed E-state index contributed by atoms with van der Waals surface area (Å²) >= 11 is 0. The molecule has 0 radical (unpaired) electrons. The SMILES string of the molecule is CCc1cccc(NC(N)=NCc2ccc(NCCOC)cc2)c1. The molecule has 0 bridgehead atoms. The third kappa shape index (κ3) is 5.93. The van der Waals surface area contributed by atoms with Crippen molar-refractivity contribution in [3.8, 4) is 0 Å². The predicted molar refractivity (Wildman–Crippen MR) is 102 cm³/mol. The molecule has 0 aromatic heterocycles. The number of guanidine groups is 1. The van der Waals surface area contributed by atoms with Crippen LogP contribution in [0.4, 0.5) is 11.4 Å². The number of ether oxygens (including phenoxy) is 1. The molecule has 0 unspecified atom stereocenters. The van der Waals surface area contributed by atoms with Gasteiger partial charge in [-0.05, 0) is 41.8 Å². The van der Waals surface area contributed by atoms with Crippen LogP contribution in [0.15, 0.2) is 53.5 Å². The molecule has 0 fully saturated rings. The van der Waals surface area contributed by atoms with Gasteiger partial charge < -0.3 is 21.1 Å². The lowest BCUT2D eigenvalue weighted by Gasteiger charge is -2.08. The lowest BCUT2D eigenvalue weighted by Crippen LogP contribution is -2.22. The number of nitrogens with two attached hydrogens (primary N) is 1. The van der Waals surface area contributed by atoms with E-state index in [9.17, 15) is 0 Å². The largest absolute Gasteiger partial charge is 0.383 e. The molecule has 0 heterocycles. The van der Waals surface area contributed by atoms with Crippen LogP contribution in [0.1, 0.15) is 18.1 Å². The number of rotatable bonds is 8. The highest BCUT2D eigenvalue weighted by atomic mass is 16.5. The van der Waals surface area contributed by atoms with Crippen molar-refractivity contribution in [3.63, 3.8) is 0 Å². The number of hydrogen-bond donors (Lipinski definition) is 3. The zero-order chi connectivity index (χ0) is 17.2. The molecule has 2 aromatic carbocycles. The maximum Gasteiger partial charge on any atom is 0.193 e. The predicted octanol–water partition coefficient (Wildman–Crippen LogP) is 3.23. The van der Waals surface area contributed by atoms with Gasteiger partial charge in [-0.25, -0.2) is 4.99 Å². The van der Waals surface area contributed by atoms with Crippen molar-refractivity contribution in [2.45, 2.75) is 19.9 Å². The summed E-state index contributed by atoms with van der Waals surface area (Å²) in [5.41, 5.74) is 10.4. The summed E-state index contributed by atoms with van der Waals surface area (Å²) in [5.74, 6) is 0.422. The van der Waals surface area contributed by atoms with Crippen molar-refractivity contribution in [2.24, 2.45) is 10.7 Å². The summed E-state index contributed by atoms with van der Waals surface area (Å²) in [6.45, 7) is 4.16. The molecule has 0 aliphatic rings. The fourth-order valence-electron chi connectivity index (χ4n) is 2.26. The van der Waals surface area contributed by atoms with Crippen LogP contribution in [0.3, 0.4) is 0 Å². The number of methoxy groups -OCH3 is 1. The summed E-state index contributed by atoms with van der Waals surface area (Å²) in [6, 6.07) is 16.4. The second-order valence-electron chi connectivity index (χ2n) is 5.50. The highest BCUT2D eigenvalue weighted by Crippen LogP contribution is 2.12. The average molecular weight is 326 g/mol. The maximum absolute atomic E-state index is 5.97. The van der Waals surface area contributed by atoms with Gasteiger partial charge in [0.25, 0.3) is 0 Å². The number of aryl methyl sites for hydroxylation is 1. The van der Waals surface area contributed by atoms with E-state index in [2.05, 4.69) is 34.7 Å². The normalized spacial score (nSPS) is 11.3. The lowest BCUT2D eigenvalue weighted by atomic mass is 10.1. The first kappa shape index (κ1) is 17.8. The van der Waals surface area contributed by atoms with Crippen molar-refractivity contribution in [1.29, 1.82) is 0 Å². The van der Waals surface area contributed by atoms with Crippen LogP contribution in [0.5, 0.6) is 0 Å². The van der Waals surface area contributed by atoms with Gasteiger partial charge in [0.2, 0.25) is 0 Å². The van der Waals surface area contributed by atoms with Crippen LogP contribution in [0.2, 0.25) is 0 Å². The monoisotopic (exact) mass is 326 g/mol. The number of aliphatic imine (C=N–C) groups is 1. The Labute approximate surface area is 143 Å². The van der Waals surface area contributed by atoms with Crippen LogP contribution in [0.25, 0.3) is 0 Å². The van der Waals surface area contributed by atoms with Gasteiger partial charge in [0.15, 0.2) is 5.96 Å². The molecular formula is C19H26N4O. The first-order valence-corrected chi connectivity index (χ1v) is 8.19. The molecule has 0 saturated carbocycles. The molecule has 0 aliphatic carbocycles. The maximum atomic E-state index is 5.97. The summed E-state index contributed by atoms with van der Waals surface area (Å²) in [6.07, 6.45) is 0.997. The van der Waals surface area contributed by atoms with Crippen LogP contribution < -0.4 is 16.4 Å². The second-order valence-corrected chi connectivity index (χ2v) is 5.50.